The van der Waals surface area contributed by atoms with Crippen LogP contribution in [-0.2, 0) is 0 Å². The summed E-state index contributed by atoms with van der Waals surface area (Å²) in [5.41, 5.74) is 1.43. The highest BCUT2D eigenvalue weighted by molar-refractivity contribution is 5.36. The molecule has 3 fully saturated rings. The molecule has 1 aromatic carbocycles. The molecular formula is C25H42N2O. The number of piperazine rings is 1. The monoisotopic (exact) mass is 386 g/mol. The van der Waals surface area contributed by atoms with Crippen molar-refractivity contribution in [2.75, 3.05) is 33.3 Å². The summed E-state index contributed by atoms with van der Waals surface area (Å²) in [5.74, 6) is 1.77. The third-order valence-electron chi connectivity index (χ3n) is 7.23. The zero-order chi connectivity index (χ0) is 19.8. The van der Waals surface area contributed by atoms with Crippen molar-refractivity contribution in [3.8, 4) is 5.75 Å². The van der Waals surface area contributed by atoms with Crippen LogP contribution in [0.2, 0.25) is 0 Å². The molecule has 28 heavy (non-hydrogen) atoms. The highest BCUT2D eigenvalue weighted by Crippen LogP contribution is 2.39. The van der Waals surface area contributed by atoms with Crippen LogP contribution in [0.5, 0.6) is 5.75 Å². The van der Waals surface area contributed by atoms with Crippen LogP contribution in [0.15, 0.2) is 24.3 Å². The Morgan fingerprint density at radius 2 is 1.25 bits per heavy atom. The first kappa shape index (κ1) is 21.6. The van der Waals surface area contributed by atoms with E-state index in [1.807, 2.05) is 13.8 Å². The van der Waals surface area contributed by atoms with E-state index in [4.69, 9.17) is 4.74 Å². The van der Waals surface area contributed by atoms with Crippen molar-refractivity contribution in [3.05, 3.63) is 29.8 Å². The van der Waals surface area contributed by atoms with Crippen molar-refractivity contribution in [1.29, 1.82) is 0 Å². The van der Waals surface area contributed by atoms with E-state index in [-0.39, 0.29) is 0 Å². The molecule has 0 radical (unpaired) electrons. The third kappa shape index (κ3) is 5.30. The van der Waals surface area contributed by atoms with Crippen molar-refractivity contribution in [1.82, 2.24) is 9.80 Å². The fraction of sp³-hybridized carbons (Fsp3) is 0.760. The first-order valence-corrected chi connectivity index (χ1v) is 12.0. The molecule has 3 heteroatoms. The fourth-order valence-electron chi connectivity index (χ4n) is 5.67. The summed E-state index contributed by atoms with van der Waals surface area (Å²) < 4.78 is 5.60. The van der Waals surface area contributed by atoms with Gasteiger partial charge in [-0.05, 0) is 56.1 Å². The number of nitrogens with zero attached hydrogens (tertiary/aromatic N) is 2. The van der Waals surface area contributed by atoms with Gasteiger partial charge in [0.15, 0.2) is 0 Å². The van der Waals surface area contributed by atoms with Gasteiger partial charge < -0.3 is 4.74 Å². The second kappa shape index (κ2) is 11.2. The standard InChI is InChI=1S/C23H36N2O.C2H6/c1-26-23-10-6-5-9-22(23)19-11-13-21(14-12-19)25-17-15-24(16-18-25)20-7-3-2-4-8-20;1-2/h5-6,9-10,19-21H,2-4,7-8,11-18H2,1H3;1-2H3. The Kier molecular flexibility index (Phi) is 8.66. The molecule has 4 rings (SSSR count). The number of hydrogen-bond donors (Lipinski definition) is 0. The second-order valence-corrected chi connectivity index (χ2v) is 8.61. The first-order chi connectivity index (χ1) is 13.8. The molecule has 3 aliphatic rings. The Morgan fingerprint density at radius 1 is 0.714 bits per heavy atom. The lowest BCUT2D eigenvalue weighted by Crippen LogP contribution is -2.53. The average Bonchev–Trinajstić information content (AvgIpc) is 2.81. The molecule has 3 nitrogen and oxygen atoms in total. The normalized spacial score (nSPS) is 27.7. The molecule has 1 heterocycles. The Hall–Kier alpha value is -1.06. The fourth-order valence-corrected chi connectivity index (χ4v) is 5.67. The zero-order valence-corrected chi connectivity index (χ0v) is 18.5. The minimum Gasteiger partial charge on any atom is -0.496 e. The molecule has 0 aromatic heterocycles. The number of para-hydroxylation sites is 1. The van der Waals surface area contributed by atoms with Crippen molar-refractivity contribution in [2.24, 2.45) is 0 Å². The molecule has 0 atom stereocenters. The molecule has 0 N–H and O–H groups in total. The lowest BCUT2D eigenvalue weighted by atomic mass is 9.80. The largest absolute Gasteiger partial charge is 0.496 e. The summed E-state index contributed by atoms with van der Waals surface area (Å²) in [6, 6.07) is 10.3. The van der Waals surface area contributed by atoms with Crippen LogP contribution < -0.4 is 4.74 Å². The lowest BCUT2D eigenvalue weighted by molar-refractivity contribution is 0.0444. The summed E-state index contributed by atoms with van der Waals surface area (Å²) in [6.07, 6.45) is 12.6. The van der Waals surface area contributed by atoms with Gasteiger partial charge in [-0.3, -0.25) is 9.80 Å². The van der Waals surface area contributed by atoms with Gasteiger partial charge in [0.05, 0.1) is 7.11 Å². The molecule has 0 amide bonds. The minimum absolute atomic E-state index is 0.686. The Balaban J connectivity index is 0.00000109. The predicted octanol–water partition coefficient (Wildman–Crippen LogP) is 5.70. The smallest absolute Gasteiger partial charge is 0.122 e. The van der Waals surface area contributed by atoms with Crippen LogP contribution in [0.4, 0.5) is 0 Å². The van der Waals surface area contributed by atoms with Gasteiger partial charge in [-0.25, -0.2) is 0 Å². The van der Waals surface area contributed by atoms with Crippen LogP contribution in [0.25, 0.3) is 0 Å². The highest BCUT2D eigenvalue weighted by Gasteiger charge is 2.31. The number of ether oxygens (including phenoxy) is 1. The quantitative estimate of drug-likeness (QED) is 0.660. The highest BCUT2D eigenvalue weighted by atomic mass is 16.5. The maximum Gasteiger partial charge on any atom is 0.122 e. The van der Waals surface area contributed by atoms with Gasteiger partial charge in [0.25, 0.3) is 0 Å². The molecule has 0 bridgehead atoms. The van der Waals surface area contributed by atoms with Crippen LogP contribution in [0, 0.1) is 0 Å². The van der Waals surface area contributed by atoms with Gasteiger partial charge in [-0.2, -0.15) is 0 Å². The summed E-state index contributed by atoms with van der Waals surface area (Å²) >= 11 is 0. The average molecular weight is 387 g/mol. The topological polar surface area (TPSA) is 15.7 Å². The number of hydrogen-bond acceptors (Lipinski definition) is 3. The summed E-state index contributed by atoms with van der Waals surface area (Å²) in [7, 11) is 1.80. The van der Waals surface area contributed by atoms with E-state index in [9.17, 15) is 0 Å². The van der Waals surface area contributed by atoms with Crippen LogP contribution >= 0.6 is 0 Å². The second-order valence-electron chi connectivity index (χ2n) is 8.61. The van der Waals surface area contributed by atoms with Crippen molar-refractivity contribution in [2.45, 2.75) is 89.6 Å². The third-order valence-corrected chi connectivity index (χ3v) is 7.23. The Bertz CT molecular complexity index is 553. The Labute approximate surface area is 173 Å². The van der Waals surface area contributed by atoms with E-state index in [0.717, 1.165) is 17.8 Å². The lowest BCUT2D eigenvalue weighted by Gasteiger charge is -2.45. The van der Waals surface area contributed by atoms with Crippen LogP contribution in [0.1, 0.15) is 83.1 Å². The Morgan fingerprint density at radius 3 is 1.82 bits per heavy atom. The molecule has 2 aliphatic carbocycles. The van der Waals surface area contributed by atoms with E-state index in [0.29, 0.717) is 5.92 Å². The van der Waals surface area contributed by atoms with Gasteiger partial charge in [0.1, 0.15) is 5.75 Å². The molecule has 2 saturated carbocycles. The van der Waals surface area contributed by atoms with Crippen molar-refractivity contribution < 1.29 is 4.74 Å². The van der Waals surface area contributed by atoms with E-state index < -0.39 is 0 Å². The van der Waals surface area contributed by atoms with E-state index >= 15 is 0 Å². The SMILES string of the molecule is CC.COc1ccccc1C1CCC(N2CCN(C3CCCCC3)CC2)CC1. The maximum atomic E-state index is 5.60. The maximum absolute atomic E-state index is 5.60. The van der Waals surface area contributed by atoms with Gasteiger partial charge >= 0.3 is 0 Å². The molecule has 1 aliphatic heterocycles. The van der Waals surface area contributed by atoms with E-state index in [1.54, 1.807) is 7.11 Å². The van der Waals surface area contributed by atoms with E-state index in [2.05, 4.69) is 34.1 Å². The molecule has 158 valence electrons. The molecule has 0 unspecified atom stereocenters. The summed E-state index contributed by atoms with van der Waals surface area (Å²) in [4.78, 5) is 5.61. The van der Waals surface area contributed by atoms with Crippen molar-refractivity contribution in [3.63, 3.8) is 0 Å². The van der Waals surface area contributed by atoms with Gasteiger partial charge in [-0.15, -0.1) is 0 Å². The predicted molar refractivity (Wildman–Crippen MR) is 119 cm³/mol. The minimum atomic E-state index is 0.686. The first-order valence-electron chi connectivity index (χ1n) is 12.0. The summed E-state index contributed by atoms with van der Waals surface area (Å²) in [5, 5.41) is 0. The zero-order valence-electron chi connectivity index (χ0n) is 18.5. The van der Waals surface area contributed by atoms with E-state index in [1.165, 1.54) is 89.5 Å². The number of rotatable bonds is 4. The van der Waals surface area contributed by atoms with Gasteiger partial charge in [-0.1, -0.05) is 51.3 Å². The molecule has 1 saturated heterocycles. The molecule has 1 aromatic rings. The number of benzene rings is 1. The summed E-state index contributed by atoms with van der Waals surface area (Å²) in [6.45, 7) is 9.19. The van der Waals surface area contributed by atoms with Crippen LogP contribution in [-0.4, -0.2) is 55.2 Å². The number of methoxy groups -OCH3 is 1. The van der Waals surface area contributed by atoms with Gasteiger partial charge in [0, 0.05) is 38.3 Å². The molecule has 0 spiro atoms. The van der Waals surface area contributed by atoms with Crippen molar-refractivity contribution >= 4 is 0 Å². The van der Waals surface area contributed by atoms with Gasteiger partial charge in [0.2, 0.25) is 0 Å². The van der Waals surface area contributed by atoms with Crippen LogP contribution in [0.3, 0.4) is 0 Å². The molecular weight excluding hydrogens is 344 g/mol.